The first kappa shape index (κ1) is 62.5. The lowest BCUT2D eigenvalue weighted by atomic mass is 10.0. The van der Waals surface area contributed by atoms with Crippen molar-refractivity contribution in [1.29, 1.82) is 0 Å². The number of unbranched alkanes of at least 4 members (excludes halogenated alkanes) is 38. The van der Waals surface area contributed by atoms with Crippen LogP contribution < -0.4 is 5.73 Å². The van der Waals surface area contributed by atoms with Crippen molar-refractivity contribution in [1.82, 2.24) is 0 Å². The van der Waals surface area contributed by atoms with Gasteiger partial charge in [0.1, 0.15) is 12.6 Å². The summed E-state index contributed by atoms with van der Waals surface area (Å²) in [5.74, 6) is -2.35. The van der Waals surface area contributed by atoms with Crippen molar-refractivity contribution in [3.8, 4) is 0 Å². The third kappa shape index (κ3) is 47.0. The summed E-state index contributed by atoms with van der Waals surface area (Å²) in [4.78, 5) is 46.2. The Morgan fingerprint density at radius 2 is 0.688 bits per heavy atom. The molecular formula is C52H102NO10P. The van der Waals surface area contributed by atoms with Crippen molar-refractivity contribution in [2.45, 2.75) is 296 Å². The Morgan fingerprint density at radius 3 is 0.984 bits per heavy atom. The van der Waals surface area contributed by atoms with E-state index in [1.54, 1.807) is 0 Å². The Hall–Kier alpha value is -1.52. The molecule has 0 amide bonds. The summed E-state index contributed by atoms with van der Waals surface area (Å²) < 4.78 is 32.9. The largest absolute Gasteiger partial charge is 0.480 e. The molecule has 3 atom stereocenters. The minimum atomic E-state index is -4.71. The number of carbonyl (C=O) groups excluding carboxylic acids is 2. The smallest absolute Gasteiger partial charge is 0.472 e. The molecule has 0 aromatic rings. The van der Waals surface area contributed by atoms with E-state index in [-0.39, 0.29) is 19.4 Å². The van der Waals surface area contributed by atoms with Crippen molar-refractivity contribution in [2.75, 3.05) is 19.8 Å². The monoisotopic (exact) mass is 932 g/mol. The van der Waals surface area contributed by atoms with Crippen LogP contribution in [0.1, 0.15) is 284 Å². The first-order valence-electron chi connectivity index (χ1n) is 27.1. The first-order valence-corrected chi connectivity index (χ1v) is 28.6. The van der Waals surface area contributed by atoms with E-state index in [0.717, 1.165) is 38.5 Å². The van der Waals surface area contributed by atoms with E-state index < -0.39 is 51.1 Å². The third-order valence-corrected chi connectivity index (χ3v) is 13.3. The maximum absolute atomic E-state index is 12.7. The summed E-state index contributed by atoms with van der Waals surface area (Å²) >= 11 is 0. The van der Waals surface area contributed by atoms with E-state index in [4.69, 9.17) is 29.4 Å². The Kier molecular flexibility index (Phi) is 46.8. The number of phosphoric acid groups is 1. The van der Waals surface area contributed by atoms with Crippen LogP contribution in [0, 0.1) is 0 Å². The number of carboxylic acid groups (broad SMARTS) is 1. The van der Waals surface area contributed by atoms with Crippen LogP contribution >= 0.6 is 7.82 Å². The summed E-state index contributed by atoms with van der Waals surface area (Å²) in [6, 6.07) is -1.52. The summed E-state index contributed by atoms with van der Waals surface area (Å²) in [5.41, 5.74) is 5.36. The number of ether oxygens (including phenoxy) is 2. The quantitative estimate of drug-likeness (QED) is 0.0301. The standard InChI is InChI=1S/C52H102NO10P/c1-3-5-7-9-11-13-15-17-19-21-22-23-24-25-26-27-28-30-32-34-36-38-40-42-44-51(55)63-48(46-61-64(58,59)62-47-49(53)52(56)57)45-60-50(54)43-41-39-37-35-33-31-29-20-18-16-14-12-10-8-6-4-2/h48-49H,3-47,53H2,1-2H3,(H,56,57)(H,58,59). The van der Waals surface area contributed by atoms with Gasteiger partial charge in [-0.2, -0.15) is 0 Å². The molecule has 64 heavy (non-hydrogen) atoms. The number of esters is 2. The normalized spacial score (nSPS) is 13.4. The highest BCUT2D eigenvalue weighted by atomic mass is 31.2. The molecule has 0 saturated carbocycles. The van der Waals surface area contributed by atoms with Gasteiger partial charge in [0.25, 0.3) is 0 Å². The van der Waals surface area contributed by atoms with Gasteiger partial charge in [-0.1, -0.05) is 258 Å². The summed E-state index contributed by atoms with van der Waals surface area (Å²) in [6.45, 7) is 2.88. The molecule has 0 aliphatic heterocycles. The van der Waals surface area contributed by atoms with E-state index in [2.05, 4.69) is 13.8 Å². The molecule has 0 fully saturated rings. The van der Waals surface area contributed by atoms with E-state index in [1.807, 2.05) is 0 Å². The van der Waals surface area contributed by atoms with Crippen LogP contribution in [0.25, 0.3) is 0 Å². The fourth-order valence-corrected chi connectivity index (χ4v) is 8.91. The van der Waals surface area contributed by atoms with Crippen LogP contribution in [0.2, 0.25) is 0 Å². The zero-order chi connectivity index (χ0) is 47.0. The van der Waals surface area contributed by atoms with Gasteiger partial charge in [0.05, 0.1) is 13.2 Å². The topological polar surface area (TPSA) is 172 Å². The molecular weight excluding hydrogens is 830 g/mol. The Bertz CT molecular complexity index is 1090. The molecule has 0 aromatic carbocycles. The molecule has 0 radical (unpaired) electrons. The predicted octanol–water partition coefficient (Wildman–Crippen LogP) is 15.4. The fraction of sp³-hybridized carbons (Fsp3) is 0.942. The van der Waals surface area contributed by atoms with Crippen molar-refractivity contribution in [3.05, 3.63) is 0 Å². The molecule has 11 nitrogen and oxygen atoms in total. The third-order valence-electron chi connectivity index (χ3n) is 12.4. The van der Waals surface area contributed by atoms with Gasteiger partial charge in [0.2, 0.25) is 0 Å². The number of hydrogen-bond donors (Lipinski definition) is 3. The zero-order valence-electron chi connectivity index (χ0n) is 41.7. The average molecular weight is 932 g/mol. The second-order valence-electron chi connectivity index (χ2n) is 18.7. The molecule has 0 rings (SSSR count). The van der Waals surface area contributed by atoms with Gasteiger partial charge in [0, 0.05) is 12.8 Å². The number of carbonyl (C=O) groups is 3. The van der Waals surface area contributed by atoms with Crippen molar-refractivity contribution in [2.24, 2.45) is 5.73 Å². The maximum atomic E-state index is 12.7. The lowest BCUT2D eigenvalue weighted by molar-refractivity contribution is -0.161. The van der Waals surface area contributed by atoms with E-state index in [9.17, 15) is 23.8 Å². The Balaban J connectivity index is 4.13. The van der Waals surface area contributed by atoms with Gasteiger partial charge < -0.3 is 25.2 Å². The summed E-state index contributed by atoms with van der Waals surface area (Å²) in [7, 11) is -4.71. The number of hydrogen-bond acceptors (Lipinski definition) is 9. The minimum absolute atomic E-state index is 0.170. The van der Waals surface area contributed by atoms with Crippen molar-refractivity contribution >= 4 is 25.7 Å². The van der Waals surface area contributed by atoms with Crippen molar-refractivity contribution < 1.29 is 47.5 Å². The molecule has 0 bridgehead atoms. The maximum Gasteiger partial charge on any atom is 0.472 e. The highest BCUT2D eigenvalue weighted by Crippen LogP contribution is 2.43. The second kappa shape index (κ2) is 48.0. The van der Waals surface area contributed by atoms with Gasteiger partial charge in [-0.3, -0.25) is 23.4 Å². The van der Waals surface area contributed by atoms with Gasteiger partial charge in [0.15, 0.2) is 6.10 Å². The van der Waals surface area contributed by atoms with Crippen LogP contribution in [0.3, 0.4) is 0 Å². The van der Waals surface area contributed by atoms with Crippen LogP contribution in [0.5, 0.6) is 0 Å². The molecule has 0 aliphatic carbocycles. The number of rotatable bonds is 52. The second-order valence-corrected chi connectivity index (χ2v) is 20.2. The number of phosphoric ester groups is 1. The SMILES string of the molecule is CCCCCCCCCCCCCCCCCCCCCCCCCCC(=O)OC(COC(=O)CCCCCCCCCCCCCCCCCC)COP(=O)(O)OCC(N)C(=O)O. The number of nitrogens with two attached hydrogens (primary N) is 1. The molecule has 0 aliphatic rings. The van der Waals surface area contributed by atoms with Crippen molar-refractivity contribution in [3.63, 3.8) is 0 Å². The highest BCUT2D eigenvalue weighted by Gasteiger charge is 2.28. The molecule has 3 unspecified atom stereocenters. The molecule has 12 heteroatoms. The van der Waals surface area contributed by atoms with Gasteiger partial charge in [-0.15, -0.1) is 0 Å². The van der Waals surface area contributed by atoms with Crippen LogP contribution in [0.4, 0.5) is 0 Å². The van der Waals surface area contributed by atoms with Gasteiger partial charge in [-0.05, 0) is 12.8 Å². The first-order chi connectivity index (χ1) is 31.1. The lowest BCUT2D eigenvalue weighted by Crippen LogP contribution is -2.34. The van der Waals surface area contributed by atoms with E-state index >= 15 is 0 Å². The summed E-state index contributed by atoms with van der Waals surface area (Å²) in [6.07, 6.45) is 50.3. The molecule has 0 saturated heterocycles. The zero-order valence-corrected chi connectivity index (χ0v) is 42.6. The molecule has 0 heterocycles. The van der Waals surface area contributed by atoms with Gasteiger partial charge in [-0.25, -0.2) is 4.57 Å². The molecule has 380 valence electrons. The average Bonchev–Trinajstić information content (AvgIpc) is 3.27. The molecule has 4 N–H and O–H groups in total. The number of carboxylic acids is 1. The van der Waals surface area contributed by atoms with Crippen LogP contribution in [-0.4, -0.2) is 59.9 Å². The molecule has 0 aromatic heterocycles. The minimum Gasteiger partial charge on any atom is -0.480 e. The Morgan fingerprint density at radius 1 is 0.422 bits per heavy atom. The number of aliphatic carboxylic acids is 1. The fourth-order valence-electron chi connectivity index (χ4n) is 8.13. The lowest BCUT2D eigenvalue weighted by Gasteiger charge is -2.20. The van der Waals surface area contributed by atoms with E-state index in [1.165, 1.54) is 205 Å². The molecule has 0 spiro atoms. The predicted molar refractivity (Wildman–Crippen MR) is 263 cm³/mol. The van der Waals surface area contributed by atoms with Crippen LogP contribution in [-0.2, 0) is 37.5 Å². The van der Waals surface area contributed by atoms with Gasteiger partial charge >= 0.3 is 25.7 Å². The van der Waals surface area contributed by atoms with E-state index in [0.29, 0.717) is 12.8 Å². The highest BCUT2D eigenvalue weighted by molar-refractivity contribution is 7.47. The van der Waals surface area contributed by atoms with Crippen LogP contribution in [0.15, 0.2) is 0 Å². The summed E-state index contributed by atoms with van der Waals surface area (Å²) in [5, 5.41) is 8.93. The Labute approximate surface area is 393 Å².